The van der Waals surface area contributed by atoms with E-state index in [1.165, 1.54) is 6.42 Å². The highest BCUT2D eigenvalue weighted by molar-refractivity contribution is 6.30. The highest BCUT2D eigenvalue weighted by Crippen LogP contribution is 2.22. The fraction of sp³-hybridized carbons (Fsp3) is 0.538. The van der Waals surface area contributed by atoms with E-state index >= 15 is 0 Å². The Hall–Kier alpha value is -0.600. The lowest BCUT2D eigenvalue weighted by molar-refractivity contribution is 0.317. The van der Waals surface area contributed by atoms with Gasteiger partial charge in [-0.1, -0.05) is 30.7 Å². The summed E-state index contributed by atoms with van der Waals surface area (Å²) in [6.45, 7) is 3.29. The van der Waals surface area contributed by atoms with Gasteiger partial charge in [0.1, 0.15) is 5.82 Å². The second-order valence-electron chi connectivity index (χ2n) is 4.70. The van der Waals surface area contributed by atoms with Crippen LogP contribution >= 0.6 is 11.6 Å². The van der Waals surface area contributed by atoms with Crippen molar-refractivity contribution in [3.63, 3.8) is 0 Å². The number of rotatable bonds is 2. The van der Waals surface area contributed by atoms with Gasteiger partial charge < -0.3 is 5.32 Å². The number of piperidine rings is 1. The molecule has 1 aromatic carbocycles. The van der Waals surface area contributed by atoms with Gasteiger partial charge in [0.15, 0.2) is 0 Å². The van der Waals surface area contributed by atoms with E-state index in [1.54, 1.807) is 6.07 Å². The van der Waals surface area contributed by atoms with Crippen molar-refractivity contribution in [2.75, 3.05) is 6.54 Å². The minimum atomic E-state index is -0.260. The maximum Gasteiger partial charge on any atom is 0.145 e. The molecule has 88 valence electrons. The maximum atomic E-state index is 13.7. The third-order valence-corrected chi connectivity index (χ3v) is 3.55. The molecule has 1 nitrogen and oxygen atoms in total. The lowest BCUT2D eigenvalue weighted by atomic mass is 9.90. The van der Waals surface area contributed by atoms with E-state index < -0.39 is 0 Å². The Morgan fingerprint density at radius 2 is 2.31 bits per heavy atom. The molecule has 0 saturated carbocycles. The number of hydrogen-bond donors (Lipinski definition) is 1. The quantitative estimate of drug-likeness (QED) is 0.837. The molecule has 16 heavy (non-hydrogen) atoms. The molecule has 0 spiro atoms. The molecule has 0 bridgehead atoms. The Kier molecular flexibility index (Phi) is 3.82. The van der Waals surface area contributed by atoms with Crippen LogP contribution in [0.4, 0.5) is 4.39 Å². The van der Waals surface area contributed by atoms with E-state index in [0.29, 0.717) is 6.04 Å². The second kappa shape index (κ2) is 5.15. The Labute approximate surface area is 101 Å². The van der Waals surface area contributed by atoms with E-state index in [0.717, 1.165) is 30.9 Å². The molecule has 1 heterocycles. The van der Waals surface area contributed by atoms with Crippen molar-refractivity contribution in [2.24, 2.45) is 5.92 Å². The number of halogens is 2. The van der Waals surface area contributed by atoms with Crippen molar-refractivity contribution < 1.29 is 4.39 Å². The van der Waals surface area contributed by atoms with Gasteiger partial charge >= 0.3 is 0 Å². The Morgan fingerprint density at radius 1 is 1.50 bits per heavy atom. The summed E-state index contributed by atoms with van der Waals surface area (Å²) in [5.74, 6) is 0.470. The molecule has 0 amide bonds. The molecule has 3 heteroatoms. The normalized spacial score (nSPS) is 25.7. The molecule has 0 aliphatic carbocycles. The van der Waals surface area contributed by atoms with Crippen LogP contribution in [0.1, 0.15) is 25.3 Å². The van der Waals surface area contributed by atoms with Gasteiger partial charge in [0.05, 0.1) is 5.02 Å². The van der Waals surface area contributed by atoms with E-state index in [2.05, 4.69) is 12.2 Å². The van der Waals surface area contributed by atoms with Gasteiger partial charge in [0, 0.05) is 6.04 Å². The first-order valence-electron chi connectivity index (χ1n) is 5.83. The molecule has 1 N–H and O–H groups in total. The largest absolute Gasteiger partial charge is 0.314 e. The van der Waals surface area contributed by atoms with Crippen molar-refractivity contribution >= 4 is 11.6 Å². The molecule has 2 rings (SSSR count). The smallest absolute Gasteiger partial charge is 0.145 e. The van der Waals surface area contributed by atoms with Crippen molar-refractivity contribution in [3.8, 4) is 0 Å². The summed E-state index contributed by atoms with van der Waals surface area (Å²) in [6.07, 6.45) is 3.07. The third-order valence-electron chi connectivity index (χ3n) is 3.25. The van der Waals surface area contributed by atoms with Crippen LogP contribution in [0, 0.1) is 11.7 Å². The predicted molar refractivity (Wildman–Crippen MR) is 65.3 cm³/mol. The lowest BCUT2D eigenvalue weighted by Gasteiger charge is -2.28. The molecule has 0 radical (unpaired) electrons. The summed E-state index contributed by atoms with van der Waals surface area (Å²) < 4.78 is 13.7. The Balaban J connectivity index is 2.05. The summed E-state index contributed by atoms with van der Waals surface area (Å²) >= 11 is 5.76. The molecule has 2 atom stereocenters. The van der Waals surface area contributed by atoms with E-state index in [1.807, 2.05) is 12.1 Å². The van der Waals surface area contributed by atoms with Crippen LogP contribution < -0.4 is 5.32 Å². The molecule has 0 aromatic heterocycles. The summed E-state index contributed by atoms with van der Waals surface area (Å²) in [5.41, 5.74) is 0.721. The van der Waals surface area contributed by atoms with Gasteiger partial charge in [-0.3, -0.25) is 0 Å². The summed E-state index contributed by atoms with van der Waals surface area (Å²) in [4.78, 5) is 0. The zero-order valence-electron chi connectivity index (χ0n) is 9.47. The average Bonchev–Trinajstić information content (AvgIpc) is 2.25. The molecule has 1 aromatic rings. The topological polar surface area (TPSA) is 12.0 Å². The van der Waals surface area contributed by atoms with Gasteiger partial charge in [-0.15, -0.1) is 0 Å². The summed E-state index contributed by atoms with van der Waals surface area (Å²) in [5, 5.41) is 3.66. The second-order valence-corrected chi connectivity index (χ2v) is 5.10. The van der Waals surface area contributed by atoms with Crippen LogP contribution in [0.3, 0.4) is 0 Å². The van der Waals surface area contributed by atoms with E-state index in [9.17, 15) is 4.39 Å². The first-order valence-corrected chi connectivity index (χ1v) is 6.21. The van der Waals surface area contributed by atoms with Crippen LogP contribution in [0.25, 0.3) is 0 Å². The van der Waals surface area contributed by atoms with Gasteiger partial charge in [-0.2, -0.15) is 0 Å². The predicted octanol–water partition coefficient (Wildman–Crippen LogP) is 3.41. The Bertz CT molecular complexity index is 367. The first kappa shape index (κ1) is 11.9. The maximum absolute atomic E-state index is 13.7. The molecule has 1 aliphatic rings. The highest BCUT2D eigenvalue weighted by Gasteiger charge is 2.19. The van der Waals surface area contributed by atoms with E-state index in [-0.39, 0.29) is 10.8 Å². The molecule has 2 unspecified atom stereocenters. The van der Waals surface area contributed by atoms with Crippen LogP contribution in [0.15, 0.2) is 18.2 Å². The lowest BCUT2D eigenvalue weighted by Crippen LogP contribution is -2.38. The number of hydrogen-bond acceptors (Lipinski definition) is 1. The highest BCUT2D eigenvalue weighted by atomic mass is 35.5. The van der Waals surface area contributed by atoms with Gasteiger partial charge in [-0.05, 0) is 43.4 Å². The number of nitrogens with one attached hydrogen (secondary N) is 1. The fourth-order valence-electron chi connectivity index (χ4n) is 2.35. The Morgan fingerprint density at radius 3 is 3.06 bits per heavy atom. The standard InChI is InChI=1S/C13H17ClFN/c1-9-5-6-16-11(7-9)8-10-3-2-4-12(14)13(10)15/h2-4,9,11,16H,5-8H2,1H3. The third kappa shape index (κ3) is 2.74. The minimum Gasteiger partial charge on any atom is -0.314 e. The van der Waals surface area contributed by atoms with Gasteiger partial charge in [-0.25, -0.2) is 4.39 Å². The van der Waals surface area contributed by atoms with Crippen LogP contribution in [0.2, 0.25) is 5.02 Å². The number of benzene rings is 1. The van der Waals surface area contributed by atoms with Crippen LogP contribution in [-0.4, -0.2) is 12.6 Å². The molecule has 1 aliphatic heterocycles. The SMILES string of the molecule is CC1CCNC(Cc2cccc(Cl)c2F)C1. The summed E-state index contributed by atoms with van der Waals surface area (Å²) in [6, 6.07) is 5.61. The first-order chi connectivity index (χ1) is 7.66. The molecule has 1 fully saturated rings. The van der Waals surface area contributed by atoms with Crippen molar-refractivity contribution in [2.45, 2.75) is 32.2 Å². The van der Waals surface area contributed by atoms with Gasteiger partial charge in [0.2, 0.25) is 0 Å². The zero-order chi connectivity index (χ0) is 11.5. The van der Waals surface area contributed by atoms with E-state index in [4.69, 9.17) is 11.6 Å². The zero-order valence-corrected chi connectivity index (χ0v) is 10.2. The molecule has 1 saturated heterocycles. The van der Waals surface area contributed by atoms with Gasteiger partial charge in [0.25, 0.3) is 0 Å². The van der Waals surface area contributed by atoms with Crippen LogP contribution in [0.5, 0.6) is 0 Å². The summed E-state index contributed by atoms with van der Waals surface area (Å²) in [7, 11) is 0. The van der Waals surface area contributed by atoms with Crippen molar-refractivity contribution in [3.05, 3.63) is 34.6 Å². The fourth-order valence-corrected chi connectivity index (χ4v) is 2.54. The minimum absolute atomic E-state index is 0.223. The van der Waals surface area contributed by atoms with Crippen molar-refractivity contribution in [1.82, 2.24) is 5.32 Å². The van der Waals surface area contributed by atoms with Crippen molar-refractivity contribution in [1.29, 1.82) is 0 Å². The molecular formula is C13H17ClFN. The molecular weight excluding hydrogens is 225 g/mol. The average molecular weight is 242 g/mol. The monoisotopic (exact) mass is 241 g/mol. The van der Waals surface area contributed by atoms with Crippen LogP contribution in [-0.2, 0) is 6.42 Å².